The number of nitrogens with one attached hydrogen (secondary N) is 5. The van der Waals surface area contributed by atoms with E-state index in [4.69, 9.17) is 17.2 Å². The van der Waals surface area contributed by atoms with Gasteiger partial charge in [0, 0.05) is 48.3 Å². The van der Waals surface area contributed by atoms with E-state index in [2.05, 4.69) is 30.9 Å². The molecule has 16 nitrogen and oxygen atoms in total. The highest BCUT2D eigenvalue weighted by atomic mass is 16.4. The molecule has 0 bridgehead atoms. The number of fused-ring (bicyclic) bond motifs is 1. The van der Waals surface area contributed by atoms with Crippen molar-refractivity contribution in [3.05, 3.63) is 54.2 Å². The highest BCUT2D eigenvalue weighted by molar-refractivity contribution is 5.96. The second-order valence-electron chi connectivity index (χ2n) is 9.65. The number of aliphatic carboxylic acids is 1. The van der Waals surface area contributed by atoms with Crippen LogP contribution in [0.5, 0.6) is 0 Å². The number of nitrogens with two attached hydrogens (primary N) is 3. The van der Waals surface area contributed by atoms with Crippen LogP contribution in [0.4, 0.5) is 0 Å². The third kappa shape index (κ3) is 8.88. The van der Waals surface area contributed by atoms with Gasteiger partial charge in [-0.1, -0.05) is 18.2 Å². The second-order valence-corrected chi connectivity index (χ2v) is 9.65. The number of imidazole rings is 1. The molecule has 224 valence electrons. The number of para-hydroxylation sites is 1. The summed E-state index contributed by atoms with van der Waals surface area (Å²) in [4.78, 5) is 83.7. The lowest BCUT2D eigenvalue weighted by Crippen LogP contribution is -2.58. The number of aromatic amines is 2. The van der Waals surface area contributed by atoms with Gasteiger partial charge in [-0.05, 0) is 18.1 Å². The Morgan fingerprint density at radius 1 is 0.857 bits per heavy atom. The number of aromatic nitrogens is 3. The monoisotopic (exact) mass is 583 g/mol. The van der Waals surface area contributed by atoms with Gasteiger partial charge in [0.2, 0.25) is 29.5 Å². The van der Waals surface area contributed by atoms with Gasteiger partial charge in [-0.3, -0.25) is 24.0 Å². The fourth-order valence-corrected chi connectivity index (χ4v) is 4.21. The smallest absolute Gasteiger partial charge is 0.326 e. The summed E-state index contributed by atoms with van der Waals surface area (Å²) in [5.74, 6) is -5.56. The summed E-state index contributed by atoms with van der Waals surface area (Å²) in [7, 11) is 0. The van der Waals surface area contributed by atoms with Crippen molar-refractivity contribution in [3.63, 3.8) is 0 Å². The minimum Gasteiger partial charge on any atom is -0.480 e. The number of carboxylic acid groups (broad SMARTS) is 1. The van der Waals surface area contributed by atoms with Crippen molar-refractivity contribution in [3.8, 4) is 0 Å². The first-order valence-electron chi connectivity index (χ1n) is 12.9. The topological polar surface area (TPSA) is 281 Å². The number of primary amides is 2. The zero-order chi connectivity index (χ0) is 30.8. The van der Waals surface area contributed by atoms with Crippen molar-refractivity contribution in [2.24, 2.45) is 17.2 Å². The molecule has 0 saturated heterocycles. The molecule has 5 amide bonds. The van der Waals surface area contributed by atoms with Gasteiger partial charge in [0.15, 0.2) is 0 Å². The van der Waals surface area contributed by atoms with E-state index in [1.807, 2.05) is 18.2 Å². The van der Waals surface area contributed by atoms with Gasteiger partial charge in [-0.25, -0.2) is 9.78 Å². The molecular weight excluding hydrogens is 550 g/mol. The minimum atomic E-state index is -1.57. The van der Waals surface area contributed by atoms with Crippen LogP contribution in [0, 0.1) is 0 Å². The summed E-state index contributed by atoms with van der Waals surface area (Å²) in [6.45, 7) is 0. The van der Waals surface area contributed by atoms with E-state index in [1.165, 1.54) is 12.5 Å². The SMILES string of the molecule is NC(=O)CCC(N)C(=O)NC(Cc1c[nH]c2ccccc12)C(=O)NC(CC(N)=O)C(=O)NC(Cc1cnc[nH]1)C(=O)O. The average molecular weight is 584 g/mol. The Bertz CT molecular complexity index is 1440. The number of hydrogen-bond donors (Lipinski definition) is 9. The van der Waals surface area contributed by atoms with Gasteiger partial charge in [0.05, 0.1) is 18.8 Å². The van der Waals surface area contributed by atoms with E-state index in [1.54, 1.807) is 12.3 Å². The average Bonchev–Trinajstić information content (AvgIpc) is 3.60. The molecular formula is C26H33N9O7. The third-order valence-corrected chi connectivity index (χ3v) is 6.40. The maximum absolute atomic E-state index is 13.5. The van der Waals surface area contributed by atoms with Crippen LogP contribution < -0.4 is 33.2 Å². The number of benzene rings is 1. The second kappa shape index (κ2) is 14.4. The molecule has 4 unspecified atom stereocenters. The summed E-state index contributed by atoms with van der Waals surface area (Å²) < 4.78 is 0. The van der Waals surface area contributed by atoms with Crippen LogP contribution in [0.1, 0.15) is 30.5 Å². The van der Waals surface area contributed by atoms with E-state index < -0.39 is 66.1 Å². The zero-order valence-electron chi connectivity index (χ0n) is 22.5. The molecule has 0 aliphatic carbocycles. The van der Waals surface area contributed by atoms with Crippen molar-refractivity contribution in [1.82, 2.24) is 30.9 Å². The van der Waals surface area contributed by atoms with Gasteiger partial charge >= 0.3 is 5.97 Å². The summed E-state index contributed by atoms with van der Waals surface area (Å²) >= 11 is 0. The Morgan fingerprint density at radius 2 is 1.52 bits per heavy atom. The van der Waals surface area contributed by atoms with E-state index >= 15 is 0 Å². The molecule has 2 aromatic heterocycles. The van der Waals surface area contributed by atoms with Crippen LogP contribution in [0.3, 0.4) is 0 Å². The molecule has 4 atom stereocenters. The number of carbonyl (C=O) groups excluding carboxylic acids is 5. The number of carbonyl (C=O) groups is 6. The predicted octanol–water partition coefficient (Wildman–Crippen LogP) is -2.32. The number of nitrogens with zero attached hydrogens (tertiary/aromatic N) is 1. The summed E-state index contributed by atoms with van der Waals surface area (Å²) in [6, 6.07) is 1.80. The largest absolute Gasteiger partial charge is 0.480 e. The molecule has 3 aromatic rings. The molecule has 12 N–H and O–H groups in total. The normalized spacial score (nSPS) is 13.8. The van der Waals surface area contributed by atoms with Crippen LogP contribution in [0.2, 0.25) is 0 Å². The van der Waals surface area contributed by atoms with E-state index in [0.717, 1.165) is 10.9 Å². The number of amides is 5. The number of rotatable bonds is 16. The first-order valence-corrected chi connectivity index (χ1v) is 12.9. The van der Waals surface area contributed by atoms with Crippen molar-refractivity contribution >= 4 is 46.4 Å². The van der Waals surface area contributed by atoms with E-state index in [9.17, 15) is 33.9 Å². The van der Waals surface area contributed by atoms with Crippen molar-refractivity contribution < 1.29 is 33.9 Å². The maximum atomic E-state index is 13.5. The lowest BCUT2D eigenvalue weighted by Gasteiger charge is -2.24. The number of H-pyrrole nitrogens is 2. The van der Waals surface area contributed by atoms with Crippen LogP contribution in [-0.2, 0) is 41.6 Å². The summed E-state index contributed by atoms with van der Waals surface area (Å²) in [6.07, 6.45) is 3.31. The van der Waals surface area contributed by atoms with E-state index in [0.29, 0.717) is 11.3 Å². The quantitative estimate of drug-likeness (QED) is 0.0874. The first kappa shape index (κ1) is 31.3. The van der Waals surface area contributed by atoms with Crippen molar-refractivity contribution in [2.75, 3.05) is 0 Å². The molecule has 42 heavy (non-hydrogen) atoms. The van der Waals surface area contributed by atoms with Crippen LogP contribution in [0.25, 0.3) is 10.9 Å². The molecule has 0 aliphatic rings. The zero-order valence-corrected chi connectivity index (χ0v) is 22.5. The molecule has 2 heterocycles. The molecule has 0 saturated carbocycles. The maximum Gasteiger partial charge on any atom is 0.326 e. The highest BCUT2D eigenvalue weighted by Gasteiger charge is 2.32. The molecule has 16 heteroatoms. The van der Waals surface area contributed by atoms with Crippen LogP contribution in [0.15, 0.2) is 43.0 Å². The number of hydrogen-bond acceptors (Lipinski definition) is 8. The highest BCUT2D eigenvalue weighted by Crippen LogP contribution is 2.19. The Morgan fingerprint density at radius 3 is 2.17 bits per heavy atom. The summed E-state index contributed by atoms with van der Waals surface area (Å²) in [5.41, 5.74) is 18.2. The van der Waals surface area contributed by atoms with Gasteiger partial charge in [0.1, 0.15) is 18.1 Å². The minimum absolute atomic E-state index is 0.0490. The lowest BCUT2D eigenvalue weighted by molar-refractivity contribution is -0.142. The first-order chi connectivity index (χ1) is 19.9. The van der Waals surface area contributed by atoms with E-state index in [-0.39, 0.29) is 25.7 Å². The number of carboxylic acids is 1. The third-order valence-electron chi connectivity index (χ3n) is 6.40. The molecule has 0 fully saturated rings. The molecule has 3 rings (SSSR count). The predicted molar refractivity (Wildman–Crippen MR) is 148 cm³/mol. The summed E-state index contributed by atoms with van der Waals surface area (Å²) in [5, 5.41) is 17.6. The van der Waals surface area contributed by atoms with Gasteiger partial charge in [0.25, 0.3) is 0 Å². The molecule has 0 spiro atoms. The Kier molecular flexibility index (Phi) is 10.7. The Balaban J connectivity index is 1.81. The van der Waals surface area contributed by atoms with Gasteiger partial charge < -0.3 is 48.2 Å². The van der Waals surface area contributed by atoms with Crippen molar-refractivity contribution in [2.45, 2.75) is 56.3 Å². The van der Waals surface area contributed by atoms with Crippen molar-refractivity contribution in [1.29, 1.82) is 0 Å². The molecule has 0 aliphatic heterocycles. The lowest BCUT2D eigenvalue weighted by atomic mass is 10.0. The standard InChI is InChI=1S/C26H33N9O7/c27-16(5-6-21(28)36)23(38)33-18(7-13-10-31-17-4-2-1-3-15(13)17)24(39)34-19(9-22(29)37)25(40)35-20(26(41)42)8-14-11-30-12-32-14/h1-4,10-12,16,18-20,31H,5-9,27H2,(H2,28,36)(H2,29,37)(H,30,32)(H,33,38)(H,34,39)(H,35,40)(H,41,42). The van der Waals surface area contributed by atoms with Gasteiger partial charge in [-0.15, -0.1) is 0 Å². The fourth-order valence-electron chi connectivity index (χ4n) is 4.21. The fraction of sp³-hybridized carbons (Fsp3) is 0.346. The Labute approximate surface area is 239 Å². The van der Waals surface area contributed by atoms with Crippen LogP contribution in [-0.4, -0.2) is 79.7 Å². The Hall–Kier alpha value is -5.25. The van der Waals surface area contributed by atoms with Crippen LogP contribution >= 0.6 is 0 Å². The molecule has 0 radical (unpaired) electrons. The van der Waals surface area contributed by atoms with Gasteiger partial charge in [-0.2, -0.15) is 0 Å². The molecule has 1 aromatic carbocycles.